The molecule has 2 aromatic rings. The Hall–Kier alpha value is -2.40. The molecule has 0 fully saturated rings. The fraction of sp³-hybridized carbons (Fsp3) is 0.333. The fourth-order valence-corrected chi connectivity index (χ4v) is 2.22. The lowest BCUT2D eigenvalue weighted by Crippen LogP contribution is -2.29. The van der Waals surface area contributed by atoms with Gasteiger partial charge in [0.15, 0.2) is 0 Å². The molecule has 0 radical (unpaired) electrons. The van der Waals surface area contributed by atoms with E-state index in [1.165, 1.54) is 0 Å². The highest BCUT2D eigenvalue weighted by molar-refractivity contribution is 5.99. The fourth-order valence-electron chi connectivity index (χ4n) is 2.22. The summed E-state index contributed by atoms with van der Waals surface area (Å²) in [5, 5.41) is 15.1. The summed E-state index contributed by atoms with van der Waals surface area (Å²) < 4.78 is 0. The quantitative estimate of drug-likeness (QED) is 0.700. The van der Waals surface area contributed by atoms with Crippen LogP contribution < -0.4 is 10.6 Å². The Bertz CT molecular complexity index is 617. The number of carbonyl (C=O) groups is 1. The molecule has 1 amide bonds. The molecular formula is C18H23N3O2. The minimum absolute atomic E-state index is 0.107. The third kappa shape index (κ3) is 5.38. The minimum atomic E-state index is -0.107. The van der Waals surface area contributed by atoms with E-state index in [9.17, 15) is 4.79 Å². The van der Waals surface area contributed by atoms with E-state index < -0.39 is 0 Å². The number of anilines is 1. The standard InChI is InChI=1S/C18H23N3O2/c1-14(8-10-22)11-21-18(23)16-6-2-3-7-17(16)20-13-15-5-4-9-19-12-15/h2-7,9,12,14,20,22H,8,10-11,13H2,1H3,(H,21,23). The van der Waals surface area contributed by atoms with Crippen LogP contribution in [-0.2, 0) is 6.54 Å². The van der Waals surface area contributed by atoms with Gasteiger partial charge in [-0.25, -0.2) is 0 Å². The molecule has 0 saturated carbocycles. The van der Waals surface area contributed by atoms with Crippen LogP contribution in [0, 0.1) is 5.92 Å². The van der Waals surface area contributed by atoms with Crippen LogP contribution in [0.5, 0.6) is 0 Å². The normalized spacial score (nSPS) is 11.7. The van der Waals surface area contributed by atoms with Gasteiger partial charge < -0.3 is 15.7 Å². The lowest BCUT2D eigenvalue weighted by molar-refractivity contribution is 0.0946. The zero-order valence-corrected chi connectivity index (χ0v) is 13.3. The smallest absolute Gasteiger partial charge is 0.253 e. The van der Waals surface area contributed by atoms with Crippen molar-refractivity contribution in [1.29, 1.82) is 0 Å². The number of pyridine rings is 1. The molecule has 0 spiro atoms. The van der Waals surface area contributed by atoms with Crippen molar-refractivity contribution in [2.45, 2.75) is 19.9 Å². The molecule has 0 aliphatic carbocycles. The molecule has 122 valence electrons. The molecule has 1 aromatic heterocycles. The zero-order chi connectivity index (χ0) is 16.5. The first-order chi connectivity index (χ1) is 11.2. The Kier molecular flexibility index (Phi) is 6.56. The van der Waals surface area contributed by atoms with Gasteiger partial charge >= 0.3 is 0 Å². The second-order valence-corrected chi connectivity index (χ2v) is 5.59. The van der Waals surface area contributed by atoms with Crippen molar-refractivity contribution in [3.8, 4) is 0 Å². The number of aliphatic hydroxyl groups is 1. The number of rotatable bonds is 8. The molecule has 5 heteroatoms. The highest BCUT2D eigenvalue weighted by Crippen LogP contribution is 2.16. The van der Waals surface area contributed by atoms with Crippen molar-refractivity contribution in [3.63, 3.8) is 0 Å². The summed E-state index contributed by atoms with van der Waals surface area (Å²) in [4.78, 5) is 16.4. The summed E-state index contributed by atoms with van der Waals surface area (Å²) >= 11 is 0. The third-order valence-electron chi connectivity index (χ3n) is 3.61. The van der Waals surface area contributed by atoms with Crippen molar-refractivity contribution in [3.05, 3.63) is 59.9 Å². The molecular weight excluding hydrogens is 290 g/mol. The Morgan fingerprint density at radius 2 is 2.09 bits per heavy atom. The van der Waals surface area contributed by atoms with Gasteiger partial charge in [-0.15, -0.1) is 0 Å². The number of para-hydroxylation sites is 1. The predicted molar refractivity (Wildman–Crippen MR) is 91.2 cm³/mol. The second-order valence-electron chi connectivity index (χ2n) is 5.59. The van der Waals surface area contributed by atoms with Crippen molar-refractivity contribution in [1.82, 2.24) is 10.3 Å². The number of benzene rings is 1. The summed E-state index contributed by atoms with van der Waals surface area (Å²) in [7, 11) is 0. The number of hydrogen-bond acceptors (Lipinski definition) is 4. The largest absolute Gasteiger partial charge is 0.396 e. The summed E-state index contributed by atoms with van der Waals surface area (Å²) in [6.07, 6.45) is 4.21. The molecule has 1 atom stereocenters. The van der Waals surface area contributed by atoms with Gasteiger partial charge in [0.05, 0.1) is 5.56 Å². The lowest BCUT2D eigenvalue weighted by atomic mass is 10.1. The van der Waals surface area contributed by atoms with E-state index in [-0.39, 0.29) is 18.4 Å². The number of aromatic nitrogens is 1. The molecule has 5 nitrogen and oxygen atoms in total. The highest BCUT2D eigenvalue weighted by Gasteiger charge is 2.11. The number of nitrogens with zero attached hydrogens (tertiary/aromatic N) is 1. The number of carbonyl (C=O) groups excluding carboxylic acids is 1. The minimum Gasteiger partial charge on any atom is -0.396 e. The van der Waals surface area contributed by atoms with Crippen LogP contribution in [0.25, 0.3) is 0 Å². The number of amides is 1. The van der Waals surface area contributed by atoms with E-state index in [2.05, 4.69) is 15.6 Å². The number of aliphatic hydroxyl groups excluding tert-OH is 1. The molecule has 1 heterocycles. The summed E-state index contributed by atoms with van der Waals surface area (Å²) in [6.45, 7) is 3.30. The topological polar surface area (TPSA) is 74.2 Å². The maximum atomic E-state index is 12.4. The maximum absolute atomic E-state index is 12.4. The average Bonchev–Trinajstić information content (AvgIpc) is 2.59. The molecule has 2 rings (SSSR count). The molecule has 0 saturated heterocycles. The van der Waals surface area contributed by atoms with Crippen LogP contribution in [0.4, 0.5) is 5.69 Å². The number of hydrogen-bond donors (Lipinski definition) is 3. The van der Waals surface area contributed by atoms with Gasteiger partial charge in [0.2, 0.25) is 0 Å². The molecule has 3 N–H and O–H groups in total. The predicted octanol–water partition coefficient (Wildman–Crippen LogP) is 2.44. The van der Waals surface area contributed by atoms with Crippen LogP contribution in [0.3, 0.4) is 0 Å². The second kappa shape index (κ2) is 8.90. The monoisotopic (exact) mass is 313 g/mol. The van der Waals surface area contributed by atoms with E-state index in [1.807, 2.05) is 37.3 Å². The van der Waals surface area contributed by atoms with Crippen LogP contribution in [0.1, 0.15) is 29.3 Å². The van der Waals surface area contributed by atoms with Crippen molar-refractivity contribution >= 4 is 11.6 Å². The molecule has 0 bridgehead atoms. The van der Waals surface area contributed by atoms with Crippen LogP contribution in [0.15, 0.2) is 48.8 Å². The van der Waals surface area contributed by atoms with Gasteiger partial charge in [0, 0.05) is 37.8 Å². The Morgan fingerprint density at radius 3 is 2.83 bits per heavy atom. The van der Waals surface area contributed by atoms with Gasteiger partial charge in [-0.05, 0) is 36.1 Å². The van der Waals surface area contributed by atoms with Gasteiger partial charge in [-0.3, -0.25) is 9.78 Å². The zero-order valence-electron chi connectivity index (χ0n) is 13.3. The summed E-state index contributed by atoms with van der Waals surface area (Å²) in [6, 6.07) is 11.3. The van der Waals surface area contributed by atoms with Gasteiger partial charge in [-0.2, -0.15) is 0 Å². The van der Waals surface area contributed by atoms with Gasteiger partial charge in [0.1, 0.15) is 0 Å². The van der Waals surface area contributed by atoms with Crippen molar-refractivity contribution in [2.75, 3.05) is 18.5 Å². The van der Waals surface area contributed by atoms with E-state index in [4.69, 9.17) is 5.11 Å². The van der Waals surface area contributed by atoms with Crippen LogP contribution in [-0.4, -0.2) is 29.1 Å². The van der Waals surface area contributed by atoms with E-state index in [0.717, 1.165) is 11.3 Å². The van der Waals surface area contributed by atoms with E-state index in [0.29, 0.717) is 25.1 Å². The molecule has 0 aliphatic rings. The van der Waals surface area contributed by atoms with Gasteiger partial charge in [-0.1, -0.05) is 25.1 Å². The van der Waals surface area contributed by atoms with Crippen molar-refractivity contribution in [2.24, 2.45) is 5.92 Å². The molecule has 1 unspecified atom stereocenters. The highest BCUT2D eigenvalue weighted by atomic mass is 16.3. The SMILES string of the molecule is CC(CCO)CNC(=O)c1ccccc1NCc1cccnc1. The summed E-state index contributed by atoms with van der Waals surface area (Å²) in [5.74, 6) is 0.142. The molecule has 0 aliphatic heterocycles. The first-order valence-corrected chi connectivity index (χ1v) is 7.81. The average molecular weight is 313 g/mol. The first-order valence-electron chi connectivity index (χ1n) is 7.81. The Balaban J connectivity index is 1.97. The first kappa shape index (κ1) is 17.0. The molecule has 23 heavy (non-hydrogen) atoms. The van der Waals surface area contributed by atoms with Gasteiger partial charge in [0.25, 0.3) is 5.91 Å². The Morgan fingerprint density at radius 1 is 1.26 bits per heavy atom. The van der Waals surface area contributed by atoms with E-state index >= 15 is 0 Å². The maximum Gasteiger partial charge on any atom is 0.253 e. The Labute approximate surface area is 136 Å². The number of nitrogens with one attached hydrogen (secondary N) is 2. The van der Waals surface area contributed by atoms with Crippen LogP contribution in [0.2, 0.25) is 0 Å². The lowest BCUT2D eigenvalue weighted by Gasteiger charge is -2.14. The van der Waals surface area contributed by atoms with E-state index in [1.54, 1.807) is 18.5 Å². The van der Waals surface area contributed by atoms with Crippen molar-refractivity contribution < 1.29 is 9.90 Å². The third-order valence-corrected chi connectivity index (χ3v) is 3.61. The van der Waals surface area contributed by atoms with Crippen LogP contribution >= 0.6 is 0 Å². The molecule has 1 aromatic carbocycles. The summed E-state index contributed by atoms with van der Waals surface area (Å²) in [5.41, 5.74) is 2.47.